The van der Waals surface area contributed by atoms with Gasteiger partial charge >= 0.3 is 11.9 Å². The Morgan fingerprint density at radius 3 is 2.50 bits per heavy atom. The highest BCUT2D eigenvalue weighted by Gasteiger charge is 2.40. The van der Waals surface area contributed by atoms with E-state index in [4.69, 9.17) is 9.47 Å². The van der Waals surface area contributed by atoms with E-state index in [-0.39, 0.29) is 42.7 Å². The molecule has 2 N–H and O–H groups in total. The average molecular weight is 530 g/mol. The lowest BCUT2D eigenvalue weighted by Gasteiger charge is -2.29. The maximum Gasteiger partial charge on any atom is 0.309 e. The van der Waals surface area contributed by atoms with E-state index in [1.165, 1.54) is 6.08 Å². The Kier molecular flexibility index (Phi) is 13.3. The van der Waals surface area contributed by atoms with Crippen molar-refractivity contribution in [3.8, 4) is 6.07 Å². The summed E-state index contributed by atoms with van der Waals surface area (Å²) in [5, 5.41) is 31.3. The fourth-order valence-electron chi connectivity index (χ4n) is 6.20. The van der Waals surface area contributed by atoms with Crippen molar-refractivity contribution in [3.63, 3.8) is 0 Å². The molecule has 1 saturated carbocycles. The van der Waals surface area contributed by atoms with Gasteiger partial charge < -0.3 is 19.7 Å². The number of aliphatic hydroxyl groups is 2. The number of nitrogens with zero attached hydrogens (tertiary/aromatic N) is 1. The third-order valence-corrected chi connectivity index (χ3v) is 8.13. The number of hydrogen-bond donors (Lipinski definition) is 2. The monoisotopic (exact) mass is 529 g/mol. The Morgan fingerprint density at radius 1 is 1.16 bits per heavy atom. The summed E-state index contributed by atoms with van der Waals surface area (Å²) in [7, 11) is 0. The summed E-state index contributed by atoms with van der Waals surface area (Å²) >= 11 is 0. The van der Waals surface area contributed by atoms with Gasteiger partial charge in [0.2, 0.25) is 0 Å². The van der Waals surface area contributed by atoms with Crippen molar-refractivity contribution in [2.24, 2.45) is 35.5 Å². The van der Waals surface area contributed by atoms with Gasteiger partial charge in [0.05, 0.1) is 36.2 Å². The third kappa shape index (κ3) is 9.71. The second-order valence-corrected chi connectivity index (χ2v) is 11.6. The topological polar surface area (TPSA) is 117 Å². The molecule has 0 aromatic rings. The molecule has 1 fully saturated rings. The third-order valence-electron chi connectivity index (χ3n) is 8.13. The van der Waals surface area contributed by atoms with Gasteiger partial charge in [-0.15, -0.1) is 0 Å². The second-order valence-electron chi connectivity index (χ2n) is 11.6. The minimum atomic E-state index is -0.866. The molecule has 7 nitrogen and oxygen atoms in total. The number of ether oxygens (including phenoxy) is 2. The first-order chi connectivity index (χ1) is 18.1. The van der Waals surface area contributed by atoms with E-state index in [1.807, 2.05) is 19.9 Å². The van der Waals surface area contributed by atoms with Gasteiger partial charge in [0.1, 0.15) is 12.7 Å². The van der Waals surface area contributed by atoms with E-state index in [1.54, 1.807) is 12.2 Å². The molecule has 0 amide bonds. The number of allylic oxidation sites excluding steroid dienone is 2. The van der Waals surface area contributed by atoms with Crippen LogP contribution < -0.4 is 0 Å². The quantitative estimate of drug-likeness (QED) is 0.376. The Labute approximate surface area is 228 Å². The first-order valence-corrected chi connectivity index (χ1v) is 14.2. The van der Waals surface area contributed by atoms with Crippen LogP contribution in [0.1, 0.15) is 79.1 Å². The number of esters is 2. The molecule has 2 rings (SSSR count). The van der Waals surface area contributed by atoms with Crippen molar-refractivity contribution >= 4 is 11.9 Å². The zero-order chi connectivity index (χ0) is 28.2. The van der Waals surface area contributed by atoms with Crippen molar-refractivity contribution in [3.05, 3.63) is 36.5 Å². The van der Waals surface area contributed by atoms with Crippen molar-refractivity contribution in [2.45, 2.75) is 97.4 Å². The molecule has 7 heteroatoms. The first kappa shape index (κ1) is 31.8. The largest absolute Gasteiger partial charge is 0.462 e. The van der Waals surface area contributed by atoms with Crippen LogP contribution in [0.2, 0.25) is 0 Å². The summed E-state index contributed by atoms with van der Waals surface area (Å²) in [6, 6.07) is 2.13. The molecule has 0 spiro atoms. The van der Waals surface area contributed by atoms with Crippen LogP contribution in [0.3, 0.4) is 0 Å². The highest BCUT2D eigenvalue weighted by Crippen LogP contribution is 2.38. The van der Waals surface area contributed by atoms with Crippen molar-refractivity contribution < 1.29 is 29.3 Å². The van der Waals surface area contributed by atoms with Crippen molar-refractivity contribution in [1.82, 2.24) is 0 Å². The minimum Gasteiger partial charge on any atom is -0.462 e. The number of carbonyl (C=O) groups excluding carboxylic acids is 2. The summed E-state index contributed by atoms with van der Waals surface area (Å²) < 4.78 is 11.2. The Hall–Kier alpha value is -2.43. The van der Waals surface area contributed by atoms with Crippen LogP contribution >= 0.6 is 0 Å². The van der Waals surface area contributed by atoms with Gasteiger partial charge in [0.25, 0.3) is 0 Å². The summed E-state index contributed by atoms with van der Waals surface area (Å²) in [6.45, 7) is 11.9. The fourth-order valence-corrected chi connectivity index (χ4v) is 6.20. The number of carbonyl (C=O) groups is 2. The number of cyclic esters (lactones) is 1. The zero-order valence-corrected chi connectivity index (χ0v) is 23.6. The van der Waals surface area contributed by atoms with E-state index >= 15 is 0 Å². The molecule has 0 aromatic carbocycles. The smallest absolute Gasteiger partial charge is 0.309 e. The minimum absolute atomic E-state index is 0.0760. The van der Waals surface area contributed by atoms with Crippen LogP contribution in [0.25, 0.3) is 0 Å². The molecular formula is C31H47NO6. The second kappa shape index (κ2) is 15.9. The predicted octanol–water partition coefficient (Wildman–Crippen LogP) is 5.28. The van der Waals surface area contributed by atoms with Crippen LogP contribution in [0.5, 0.6) is 0 Å². The number of hydrogen-bond acceptors (Lipinski definition) is 7. The molecular weight excluding hydrogens is 482 g/mol. The molecule has 0 radical (unpaired) electrons. The number of aliphatic hydroxyl groups excluding tert-OH is 2. The van der Waals surface area contributed by atoms with Gasteiger partial charge in [-0.05, 0) is 61.9 Å². The van der Waals surface area contributed by atoms with Crippen LogP contribution in [0.15, 0.2) is 36.5 Å². The molecule has 2 aliphatic rings. The lowest BCUT2D eigenvalue weighted by atomic mass is 9.82. The van der Waals surface area contributed by atoms with Gasteiger partial charge in [-0.25, -0.2) is 0 Å². The van der Waals surface area contributed by atoms with Crippen LogP contribution in [-0.2, 0) is 19.1 Å². The lowest BCUT2D eigenvalue weighted by molar-refractivity contribution is -0.160. The summed E-state index contributed by atoms with van der Waals surface area (Å²) in [5.41, 5.74) is 0.298. The molecule has 1 aliphatic heterocycles. The molecule has 0 bridgehead atoms. The molecule has 0 saturated heterocycles. The number of rotatable bonds is 4. The standard InChI is InChI=1S/C31H47NO6/c1-6-14-37-31(36)26-12-9-11-25(26)28-13-8-7-10-24(19-32)30(35)23(5)17-21(3)15-20(2)16-22(4)27(33)18-29(34)38-28/h6-8,10,20-23,25-28,30,33,35H,1,9,11-18H2,2-5H3/b8-7+,24-10-/t20-,21+,22-,23-,25+,26+,27-,28-,30+/m0/s1. The molecule has 38 heavy (non-hydrogen) atoms. The van der Waals surface area contributed by atoms with Crippen LogP contribution in [0, 0.1) is 46.8 Å². The Bertz CT molecular complexity index is 889. The van der Waals surface area contributed by atoms with Crippen LogP contribution in [-0.4, -0.2) is 47.1 Å². The Balaban J connectivity index is 2.31. The summed E-state index contributed by atoms with van der Waals surface area (Å²) in [6.07, 6.45) is 9.38. The lowest BCUT2D eigenvalue weighted by Crippen LogP contribution is -2.35. The normalized spacial score (nSPS) is 38.4. The maximum atomic E-state index is 12.9. The SMILES string of the molecule is C=CCOC(=O)[C@@H]1CCC[C@H]1[C@@H]1C/C=C/C=C(/C#N)[C@H](O)[C@@H](C)C[C@H](C)C[C@H](C)C[C@H](C)[C@@H](O)CC(=O)O1. The van der Waals surface area contributed by atoms with Gasteiger partial charge in [-0.3, -0.25) is 9.59 Å². The van der Waals surface area contributed by atoms with E-state index in [2.05, 4.69) is 26.5 Å². The van der Waals surface area contributed by atoms with Gasteiger partial charge in [0.15, 0.2) is 0 Å². The summed E-state index contributed by atoms with van der Waals surface area (Å²) in [5.74, 6) is -0.849. The molecule has 9 atom stereocenters. The fraction of sp³-hybridized carbons (Fsp3) is 0.710. The van der Waals surface area contributed by atoms with Crippen molar-refractivity contribution in [1.29, 1.82) is 5.26 Å². The van der Waals surface area contributed by atoms with Crippen LogP contribution in [0.4, 0.5) is 0 Å². The zero-order valence-electron chi connectivity index (χ0n) is 23.6. The van der Waals surface area contributed by atoms with Crippen molar-refractivity contribution in [2.75, 3.05) is 6.61 Å². The van der Waals surface area contributed by atoms with E-state index < -0.39 is 24.3 Å². The molecule has 0 unspecified atom stereocenters. The molecule has 1 aliphatic carbocycles. The number of nitriles is 1. The Morgan fingerprint density at radius 2 is 1.84 bits per heavy atom. The van der Waals surface area contributed by atoms with Gasteiger partial charge in [-0.2, -0.15) is 5.26 Å². The first-order valence-electron chi connectivity index (χ1n) is 14.2. The molecule has 1 heterocycles. The molecule has 0 aromatic heterocycles. The maximum absolute atomic E-state index is 12.9. The van der Waals surface area contributed by atoms with Gasteiger partial charge in [0, 0.05) is 12.3 Å². The summed E-state index contributed by atoms with van der Waals surface area (Å²) in [4.78, 5) is 25.6. The van der Waals surface area contributed by atoms with E-state index in [0.29, 0.717) is 30.3 Å². The predicted molar refractivity (Wildman–Crippen MR) is 146 cm³/mol. The highest BCUT2D eigenvalue weighted by atomic mass is 16.5. The highest BCUT2D eigenvalue weighted by molar-refractivity contribution is 5.74. The van der Waals surface area contributed by atoms with Gasteiger partial charge in [-0.1, -0.05) is 58.9 Å². The van der Waals surface area contributed by atoms with E-state index in [9.17, 15) is 25.1 Å². The molecule has 212 valence electrons. The van der Waals surface area contributed by atoms with E-state index in [0.717, 1.165) is 32.1 Å². The average Bonchev–Trinajstić information content (AvgIpc) is 3.35.